The maximum absolute atomic E-state index is 6.04. The summed E-state index contributed by atoms with van der Waals surface area (Å²) in [5.74, 6) is 2.98. The van der Waals surface area contributed by atoms with E-state index >= 15 is 0 Å². The lowest BCUT2D eigenvalue weighted by molar-refractivity contribution is 0.327. The van der Waals surface area contributed by atoms with E-state index in [0.29, 0.717) is 0 Å². The molecule has 0 unspecified atom stereocenters. The van der Waals surface area contributed by atoms with Gasteiger partial charge in [0.25, 0.3) is 0 Å². The van der Waals surface area contributed by atoms with Crippen molar-refractivity contribution in [3.8, 4) is 23.0 Å². The van der Waals surface area contributed by atoms with Gasteiger partial charge in [-0.15, -0.1) is 0 Å². The zero-order valence-corrected chi connectivity index (χ0v) is 27.2. The number of hydrogen-bond donors (Lipinski definition) is 0. The molecule has 4 heteroatoms. The summed E-state index contributed by atoms with van der Waals surface area (Å²) < 4.78 is 24.2. The van der Waals surface area contributed by atoms with Crippen LogP contribution in [0.15, 0.2) is 121 Å². The lowest BCUT2D eigenvalue weighted by Gasteiger charge is -2.62. The molecule has 0 aliphatic heterocycles. The Morgan fingerprint density at radius 1 is 0.271 bits per heavy atom. The average molecular weight is 625 g/mol. The van der Waals surface area contributed by atoms with Crippen molar-refractivity contribution in [2.24, 2.45) is 0 Å². The molecule has 4 spiro atoms. The molecule has 0 saturated carbocycles. The molecular weight excluding hydrogens is 592 g/mol. The average Bonchev–Trinajstić information content (AvgIpc) is 3.35. The SMILES string of the molecule is COc1cc2c(cc1OC)C13c4ccccc4C45c6ccccc6C21c1ccccc1C4(c1ccccc13)c1cc(OC)c(OC)cc15. The van der Waals surface area contributed by atoms with Crippen molar-refractivity contribution in [3.05, 3.63) is 188 Å². The van der Waals surface area contributed by atoms with Crippen LogP contribution in [0.2, 0.25) is 0 Å². The second kappa shape index (κ2) is 8.32. The first-order valence-corrected chi connectivity index (χ1v) is 16.6. The van der Waals surface area contributed by atoms with E-state index in [9.17, 15) is 0 Å². The lowest BCUT2D eigenvalue weighted by Crippen LogP contribution is -2.61. The van der Waals surface area contributed by atoms with Crippen molar-refractivity contribution < 1.29 is 18.9 Å². The van der Waals surface area contributed by atoms with Gasteiger partial charge in [-0.1, -0.05) is 97.1 Å². The van der Waals surface area contributed by atoms with Crippen LogP contribution in [0.3, 0.4) is 0 Å². The zero-order valence-electron chi connectivity index (χ0n) is 27.2. The van der Waals surface area contributed by atoms with Gasteiger partial charge in [0.1, 0.15) is 0 Å². The summed E-state index contributed by atoms with van der Waals surface area (Å²) in [6.07, 6.45) is 0. The molecular formula is C44H32O4. The molecule has 0 N–H and O–H groups in total. The van der Waals surface area contributed by atoms with Crippen molar-refractivity contribution in [2.45, 2.75) is 21.7 Å². The number of ether oxygens (including phenoxy) is 4. The Morgan fingerprint density at radius 2 is 0.438 bits per heavy atom. The lowest BCUT2D eigenvalue weighted by atomic mass is 9.38. The van der Waals surface area contributed by atoms with Crippen LogP contribution in [0.5, 0.6) is 23.0 Å². The van der Waals surface area contributed by atoms with Crippen LogP contribution < -0.4 is 18.9 Å². The minimum Gasteiger partial charge on any atom is -0.493 e. The highest BCUT2D eigenvalue weighted by Gasteiger charge is 2.82. The van der Waals surface area contributed by atoms with Gasteiger partial charge in [0.2, 0.25) is 0 Å². The molecule has 48 heavy (non-hydrogen) atoms. The smallest absolute Gasteiger partial charge is 0.161 e. The Bertz CT molecular complexity index is 2000. The monoisotopic (exact) mass is 624 g/mol. The summed E-state index contributed by atoms with van der Waals surface area (Å²) in [4.78, 5) is 0. The first-order chi connectivity index (χ1) is 23.6. The highest BCUT2D eigenvalue weighted by Crippen LogP contribution is 2.84. The summed E-state index contributed by atoms with van der Waals surface area (Å²) in [6.45, 7) is 0. The van der Waals surface area contributed by atoms with Gasteiger partial charge in [-0.2, -0.15) is 0 Å². The maximum Gasteiger partial charge on any atom is 0.161 e. The van der Waals surface area contributed by atoms with Crippen LogP contribution in [-0.4, -0.2) is 28.4 Å². The highest BCUT2D eigenvalue weighted by molar-refractivity contribution is 5.95. The summed E-state index contributed by atoms with van der Waals surface area (Å²) in [5.41, 5.74) is 13.5. The molecule has 4 bridgehead atoms. The van der Waals surface area contributed by atoms with Crippen molar-refractivity contribution in [1.29, 1.82) is 0 Å². The van der Waals surface area contributed by atoms with Gasteiger partial charge in [-0.3, -0.25) is 0 Å². The second-order valence-electron chi connectivity index (χ2n) is 13.7. The maximum atomic E-state index is 6.04. The van der Waals surface area contributed by atoms with Crippen LogP contribution in [0.25, 0.3) is 0 Å². The van der Waals surface area contributed by atoms with Crippen molar-refractivity contribution in [3.63, 3.8) is 0 Å². The Kier molecular flexibility index (Phi) is 4.61. The van der Waals surface area contributed by atoms with E-state index in [1.807, 2.05) is 0 Å². The van der Waals surface area contributed by atoms with Crippen LogP contribution in [0.4, 0.5) is 0 Å². The van der Waals surface area contributed by atoms with Gasteiger partial charge in [-0.25, -0.2) is 0 Å². The minimum atomic E-state index is -0.558. The normalized spacial score (nSPS) is 26.2. The van der Waals surface area contributed by atoms with Crippen LogP contribution >= 0.6 is 0 Å². The molecule has 0 heterocycles. The van der Waals surface area contributed by atoms with Crippen molar-refractivity contribution in [1.82, 2.24) is 0 Å². The van der Waals surface area contributed by atoms with Gasteiger partial charge in [-0.05, 0) is 91.0 Å². The fourth-order valence-electron chi connectivity index (χ4n) is 11.6. The standard InChI is InChI=1S/C44H32O4/c1-45-37-21-33-34(22-38(37)46-2)42-29-17-9-11-19-31(29)43-27-15-7-5-13-25(27)41(33,42)26-14-6-8-16-28(26)44(43,32-20-12-10-18-30(32)42)36-24-40(48-4)39(47-3)23-35(36)43/h5-24H,1-4H3. The van der Waals surface area contributed by atoms with Crippen molar-refractivity contribution in [2.75, 3.05) is 28.4 Å². The molecule has 0 atom stereocenters. The van der Waals surface area contributed by atoms with Crippen LogP contribution in [0.1, 0.15) is 66.8 Å². The number of hydrogen-bond acceptors (Lipinski definition) is 4. The van der Waals surface area contributed by atoms with Gasteiger partial charge in [0.15, 0.2) is 23.0 Å². The summed E-state index contributed by atoms with van der Waals surface area (Å²) >= 11 is 0. The molecule has 4 nitrogen and oxygen atoms in total. The number of benzene rings is 6. The van der Waals surface area contributed by atoms with E-state index in [-0.39, 0.29) is 0 Å². The number of fused-ring (bicyclic) bond motifs is 2. The third-order valence-electron chi connectivity index (χ3n) is 12.7. The molecule has 0 saturated heterocycles. The van der Waals surface area contributed by atoms with Crippen molar-refractivity contribution >= 4 is 0 Å². The van der Waals surface area contributed by atoms with Crippen LogP contribution in [0, 0.1) is 0 Å². The Morgan fingerprint density at radius 3 is 0.583 bits per heavy atom. The summed E-state index contributed by atoms with van der Waals surface area (Å²) in [6, 6.07) is 46.0. The summed E-state index contributed by atoms with van der Waals surface area (Å²) in [5, 5.41) is 0. The molecule has 6 aromatic carbocycles. The third kappa shape index (κ3) is 2.23. The minimum absolute atomic E-state index is 0.558. The topological polar surface area (TPSA) is 36.9 Å². The number of rotatable bonds is 4. The molecule has 0 radical (unpaired) electrons. The Labute approximate surface area is 279 Å². The third-order valence-corrected chi connectivity index (χ3v) is 12.7. The van der Waals surface area contributed by atoms with Gasteiger partial charge >= 0.3 is 0 Å². The van der Waals surface area contributed by atoms with Gasteiger partial charge in [0, 0.05) is 0 Å². The van der Waals surface area contributed by atoms with E-state index in [2.05, 4.69) is 121 Å². The summed E-state index contributed by atoms with van der Waals surface area (Å²) in [7, 11) is 6.95. The molecule has 0 amide bonds. The predicted octanol–water partition coefficient (Wildman–Crippen LogP) is 8.03. The van der Waals surface area contributed by atoms with Gasteiger partial charge in [0.05, 0.1) is 50.1 Å². The molecule has 6 aliphatic rings. The van der Waals surface area contributed by atoms with E-state index in [4.69, 9.17) is 18.9 Å². The quantitative estimate of drug-likeness (QED) is 0.199. The molecule has 0 aromatic heterocycles. The zero-order chi connectivity index (χ0) is 32.2. The van der Waals surface area contributed by atoms with E-state index in [0.717, 1.165) is 23.0 Å². The molecule has 232 valence electrons. The first kappa shape index (κ1) is 26.6. The highest BCUT2D eigenvalue weighted by atomic mass is 16.5. The molecule has 12 rings (SSSR count). The van der Waals surface area contributed by atoms with Gasteiger partial charge < -0.3 is 18.9 Å². The van der Waals surface area contributed by atoms with E-state index < -0.39 is 21.7 Å². The Hall–Kier alpha value is -5.48. The number of methoxy groups -OCH3 is 4. The fourth-order valence-corrected chi connectivity index (χ4v) is 11.6. The second-order valence-corrected chi connectivity index (χ2v) is 13.7. The Balaban J connectivity index is 1.52. The fraction of sp³-hybridized carbons (Fsp3) is 0.182. The first-order valence-electron chi connectivity index (χ1n) is 16.6. The van der Waals surface area contributed by atoms with E-state index in [1.54, 1.807) is 28.4 Å². The molecule has 0 fully saturated rings. The van der Waals surface area contributed by atoms with E-state index in [1.165, 1.54) is 66.8 Å². The largest absolute Gasteiger partial charge is 0.493 e. The predicted molar refractivity (Wildman–Crippen MR) is 184 cm³/mol. The van der Waals surface area contributed by atoms with Crippen LogP contribution in [-0.2, 0) is 21.7 Å². The molecule has 6 aromatic rings. The molecule has 6 aliphatic carbocycles.